The number of hydrogen-bond acceptors (Lipinski definition) is 8. The maximum absolute atomic E-state index is 14.3. The molecule has 3 aromatic carbocycles. The first-order valence-corrected chi connectivity index (χ1v) is 14.4. The van der Waals surface area contributed by atoms with E-state index < -0.39 is 34.8 Å². The first-order valence-electron chi connectivity index (χ1n) is 14.4. The lowest BCUT2D eigenvalue weighted by Crippen LogP contribution is -2.27. The van der Waals surface area contributed by atoms with E-state index in [1.807, 2.05) is 26.0 Å². The Labute approximate surface area is 264 Å². The van der Waals surface area contributed by atoms with Crippen LogP contribution >= 0.6 is 0 Å². The van der Waals surface area contributed by atoms with Crippen LogP contribution in [0.1, 0.15) is 56.6 Å². The molecule has 0 aliphatic carbocycles. The van der Waals surface area contributed by atoms with Crippen molar-refractivity contribution < 1.29 is 27.8 Å². The van der Waals surface area contributed by atoms with Gasteiger partial charge in [-0.05, 0) is 99.5 Å². The van der Waals surface area contributed by atoms with Crippen molar-refractivity contribution in [3.05, 3.63) is 102 Å². The molecule has 5 rings (SSSR count). The highest BCUT2D eigenvalue weighted by atomic mass is 19.1. The molecular weight excluding hydrogens is 594 g/mol. The van der Waals surface area contributed by atoms with Crippen LogP contribution < -0.4 is 20.7 Å². The number of rotatable bonds is 8. The predicted octanol–water partition coefficient (Wildman–Crippen LogP) is 8.56. The SMILES string of the molecule is CC(C)c1ccc2c(Nc3cc(NC(=O)c4cc(F)ccc4F)ccc3Oc3ccc(NC(=O)OC(C)(C)C)cc3)ncnc2n1. The summed E-state index contributed by atoms with van der Waals surface area (Å²) < 4.78 is 39.5. The first-order chi connectivity index (χ1) is 21.8. The van der Waals surface area contributed by atoms with Gasteiger partial charge in [-0.15, -0.1) is 0 Å². The van der Waals surface area contributed by atoms with Gasteiger partial charge in [0.15, 0.2) is 11.4 Å². The summed E-state index contributed by atoms with van der Waals surface area (Å²) in [6.07, 6.45) is 0.798. The van der Waals surface area contributed by atoms with Crippen LogP contribution in [0.2, 0.25) is 0 Å². The molecule has 12 heteroatoms. The average Bonchev–Trinajstić information content (AvgIpc) is 2.99. The van der Waals surface area contributed by atoms with E-state index in [1.54, 1.807) is 63.2 Å². The Morgan fingerprint density at radius 1 is 0.848 bits per heavy atom. The molecule has 0 unspecified atom stereocenters. The van der Waals surface area contributed by atoms with E-state index in [9.17, 15) is 18.4 Å². The zero-order valence-corrected chi connectivity index (χ0v) is 25.8. The largest absolute Gasteiger partial charge is 0.455 e. The minimum absolute atomic E-state index is 0.199. The van der Waals surface area contributed by atoms with E-state index >= 15 is 0 Å². The van der Waals surface area contributed by atoms with E-state index in [1.165, 1.54) is 6.33 Å². The number of halogens is 2. The van der Waals surface area contributed by atoms with Crippen LogP contribution in [0.15, 0.2) is 79.1 Å². The van der Waals surface area contributed by atoms with Gasteiger partial charge in [0.2, 0.25) is 0 Å². The number of nitrogens with one attached hydrogen (secondary N) is 3. The number of aromatic nitrogens is 3. The molecule has 0 aliphatic rings. The Bertz CT molecular complexity index is 1910. The molecule has 236 valence electrons. The van der Waals surface area contributed by atoms with Gasteiger partial charge in [-0.25, -0.2) is 28.5 Å². The number of pyridine rings is 1. The number of amides is 2. The lowest BCUT2D eigenvalue weighted by molar-refractivity contribution is 0.0635. The van der Waals surface area contributed by atoms with Gasteiger partial charge < -0.3 is 20.1 Å². The summed E-state index contributed by atoms with van der Waals surface area (Å²) >= 11 is 0. The van der Waals surface area contributed by atoms with Gasteiger partial charge in [0.25, 0.3) is 5.91 Å². The number of ether oxygens (including phenoxy) is 2. The standard InChI is InChI=1S/C34H32F2N6O4/c1-19(2)27-14-12-24-30(41-27)37-18-38-31(24)42-28-17-22(39-32(43)25-16-20(35)6-13-26(25)36)9-15-29(28)45-23-10-7-21(8-11-23)40-33(44)46-34(3,4)5/h6-19H,1-5H3,(H,39,43)(H,40,44)(H,37,38,41,42). The monoisotopic (exact) mass is 626 g/mol. The summed E-state index contributed by atoms with van der Waals surface area (Å²) in [7, 11) is 0. The summed E-state index contributed by atoms with van der Waals surface area (Å²) in [5.74, 6) is -1.02. The normalized spacial score (nSPS) is 11.3. The molecule has 3 N–H and O–H groups in total. The molecule has 0 aliphatic heterocycles. The van der Waals surface area contributed by atoms with E-state index in [2.05, 4.69) is 30.9 Å². The van der Waals surface area contributed by atoms with E-state index in [0.29, 0.717) is 39.7 Å². The van der Waals surface area contributed by atoms with Crippen molar-refractivity contribution in [2.75, 3.05) is 16.0 Å². The molecule has 0 saturated carbocycles. The molecule has 0 spiro atoms. The third kappa shape index (κ3) is 7.89. The minimum Gasteiger partial charge on any atom is -0.455 e. The van der Waals surface area contributed by atoms with Gasteiger partial charge in [0.05, 0.1) is 16.6 Å². The van der Waals surface area contributed by atoms with Crippen LogP contribution in [0.3, 0.4) is 0 Å². The third-order valence-electron chi connectivity index (χ3n) is 6.50. The molecule has 2 heterocycles. The number of benzene rings is 3. The zero-order valence-electron chi connectivity index (χ0n) is 25.8. The molecule has 0 saturated heterocycles. The molecule has 0 atom stereocenters. The Morgan fingerprint density at radius 2 is 1.59 bits per heavy atom. The number of hydrogen-bond donors (Lipinski definition) is 3. The summed E-state index contributed by atoms with van der Waals surface area (Å²) in [6, 6.07) is 17.8. The second-order valence-electron chi connectivity index (χ2n) is 11.7. The molecule has 46 heavy (non-hydrogen) atoms. The second kappa shape index (κ2) is 13.1. The van der Waals surface area contributed by atoms with Crippen molar-refractivity contribution in [3.8, 4) is 11.5 Å². The summed E-state index contributed by atoms with van der Waals surface area (Å²) in [5.41, 5.74) is 1.45. The van der Waals surface area contributed by atoms with Crippen LogP contribution in [0.25, 0.3) is 11.0 Å². The van der Waals surface area contributed by atoms with E-state index in [-0.39, 0.29) is 11.6 Å². The zero-order chi connectivity index (χ0) is 33.0. The molecule has 0 bridgehead atoms. The van der Waals surface area contributed by atoms with Crippen molar-refractivity contribution in [3.63, 3.8) is 0 Å². The quantitative estimate of drug-likeness (QED) is 0.156. The molecule has 2 amide bonds. The van der Waals surface area contributed by atoms with Gasteiger partial charge in [-0.2, -0.15) is 0 Å². The molecule has 5 aromatic rings. The van der Waals surface area contributed by atoms with Crippen LogP contribution in [0, 0.1) is 11.6 Å². The van der Waals surface area contributed by atoms with E-state index in [4.69, 9.17) is 9.47 Å². The Hall–Kier alpha value is -5.65. The highest BCUT2D eigenvalue weighted by Gasteiger charge is 2.18. The topological polar surface area (TPSA) is 127 Å². The average molecular weight is 627 g/mol. The number of nitrogens with zero attached hydrogens (tertiary/aromatic N) is 3. The van der Waals surface area contributed by atoms with Gasteiger partial charge in [-0.3, -0.25) is 10.1 Å². The third-order valence-corrected chi connectivity index (χ3v) is 6.50. The molecular formula is C34H32F2N6O4. The highest BCUT2D eigenvalue weighted by Crippen LogP contribution is 2.36. The smallest absolute Gasteiger partial charge is 0.412 e. The Balaban J connectivity index is 1.45. The maximum Gasteiger partial charge on any atom is 0.412 e. The fourth-order valence-electron chi connectivity index (χ4n) is 4.32. The van der Waals surface area contributed by atoms with Gasteiger partial charge in [0.1, 0.15) is 35.1 Å². The fraction of sp³-hybridized carbons (Fsp3) is 0.206. The van der Waals surface area contributed by atoms with E-state index in [0.717, 1.165) is 23.9 Å². The number of carbonyl (C=O) groups is 2. The van der Waals surface area contributed by atoms with Crippen LogP contribution in [-0.2, 0) is 4.74 Å². The number of fused-ring (bicyclic) bond motifs is 1. The molecule has 0 fully saturated rings. The van der Waals surface area contributed by atoms with Gasteiger partial charge >= 0.3 is 6.09 Å². The molecule has 2 aromatic heterocycles. The molecule has 0 radical (unpaired) electrons. The fourth-order valence-corrected chi connectivity index (χ4v) is 4.32. The number of carbonyl (C=O) groups excluding carboxylic acids is 2. The summed E-state index contributed by atoms with van der Waals surface area (Å²) in [5, 5.41) is 9.16. The lowest BCUT2D eigenvalue weighted by Gasteiger charge is -2.19. The Morgan fingerprint density at radius 3 is 2.30 bits per heavy atom. The highest BCUT2D eigenvalue weighted by molar-refractivity contribution is 6.05. The van der Waals surface area contributed by atoms with Crippen LogP contribution in [-0.4, -0.2) is 32.6 Å². The first kappa shape index (κ1) is 31.8. The predicted molar refractivity (Wildman–Crippen MR) is 172 cm³/mol. The van der Waals surface area contributed by atoms with Crippen LogP contribution in [0.5, 0.6) is 11.5 Å². The lowest BCUT2D eigenvalue weighted by atomic mass is 10.1. The summed E-state index contributed by atoms with van der Waals surface area (Å²) in [4.78, 5) is 38.3. The minimum atomic E-state index is -0.859. The van der Waals surface area contributed by atoms with Gasteiger partial charge in [-0.1, -0.05) is 13.8 Å². The van der Waals surface area contributed by atoms with Crippen LogP contribution in [0.4, 0.5) is 36.5 Å². The van der Waals surface area contributed by atoms with Crippen molar-refractivity contribution in [2.45, 2.75) is 46.1 Å². The number of anilines is 4. The molecule has 10 nitrogen and oxygen atoms in total. The van der Waals surface area contributed by atoms with Crippen molar-refractivity contribution in [1.29, 1.82) is 0 Å². The van der Waals surface area contributed by atoms with Crippen molar-refractivity contribution in [2.24, 2.45) is 0 Å². The Kier molecular flexibility index (Phi) is 9.08. The maximum atomic E-state index is 14.3. The summed E-state index contributed by atoms with van der Waals surface area (Å²) in [6.45, 7) is 9.39. The second-order valence-corrected chi connectivity index (χ2v) is 11.7. The van der Waals surface area contributed by atoms with Crippen molar-refractivity contribution in [1.82, 2.24) is 15.0 Å². The van der Waals surface area contributed by atoms with Gasteiger partial charge in [0, 0.05) is 17.1 Å². The van der Waals surface area contributed by atoms with Crippen molar-refractivity contribution >= 4 is 45.9 Å².